The fourth-order valence-electron chi connectivity index (χ4n) is 4.48. The first kappa shape index (κ1) is 24.7. The van der Waals surface area contributed by atoms with Crippen molar-refractivity contribution in [3.8, 4) is 11.1 Å². The number of fused-ring (bicyclic) bond motifs is 3. The molecule has 186 valence electrons. The van der Waals surface area contributed by atoms with E-state index < -0.39 is 18.0 Å². The molecule has 0 saturated carbocycles. The van der Waals surface area contributed by atoms with Crippen molar-refractivity contribution < 1.29 is 33.7 Å². The van der Waals surface area contributed by atoms with Crippen molar-refractivity contribution in [1.29, 1.82) is 0 Å². The maximum absolute atomic E-state index is 12.1. The number of hydrogen-bond acceptors (Lipinski definition) is 6. The third-order valence-corrected chi connectivity index (χ3v) is 6.29. The Kier molecular flexibility index (Phi) is 8.33. The summed E-state index contributed by atoms with van der Waals surface area (Å²) in [5.41, 5.74) is 4.66. The Morgan fingerprint density at radius 1 is 0.971 bits per heavy atom. The number of rotatable bonds is 11. The maximum atomic E-state index is 12.1. The molecule has 2 aromatic rings. The second-order valence-electron chi connectivity index (χ2n) is 8.64. The summed E-state index contributed by atoms with van der Waals surface area (Å²) in [5.74, 6) is -1.58. The van der Waals surface area contributed by atoms with Gasteiger partial charge in [-0.25, -0.2) is 4.79 Å². The predicted octanol–water partition coefficient (Wildman–Crippen LogP) is 2.54. The zero-order valence-corrected chi connectivity index (χ0v) is 19.4. The Balaban J connectivity index is 1.07. The minimum Gasteiger partial charge on any atom is -0.481 e. The number of benzene rings is 2. The molecule has 2 atom stereocenters. The van der Waals surface area contributed by atoms with Gasteiger partial charge in [-0.15, -0.1) is 0 Å². The van der Waals surface area contributed by atoms with Gasteiger partial charge >= 0.3 is 12.1 Å². The summed E-state index contributed by atoms with van der Waals surface area (Å²) < 4.78 is 16.2. The number of carbonyl (C=O) groups is 3. The summed E-state index contributed by atoms with van der Waals surface area (Å²) in [5, 5.41) is 14.4. The number of carboxylic acid groups (broad SMARTS) is 1. The molecule has 1 saturated heterocycles. The van der Waals surface area contributed by atoms with Crippen LogP contribution in [-0.2, 0) is 23.8 Å². The number of alkyl carbamates (subject to hydrolysis) is 1. The van der Waals surface area contributed by atoms with Crippen LogP contribution in [-0.4, -0.2) is 68.7 Å². The van der Waals surface area contributed by atoms with Crippen LogP contribution in [0, 0.1) is 5.92 Å². The van der Waals surface area contributed by atoms with Gasteiger partial charge in [-0.05, 0) is 28.7 Å². The van der Waals surface area contributed by atoms with E-state index in [1.54, 1.807) is 0 Å². The van der Waals surface area contributed by atoms with Gasteiger partial charge in [0.15, 0.2) is 0 Å². The fraction of sp³-hybridized carbons (Fsp3) is 0.423. The van der Waals surface area contributed by atoms with Crippen LogP contribution in [0.1, 0.15) is 29.9 Å². The first-order chi connectivity index (χ1) is 17.0. The van der Waals surface area contributed by atoms with Crippen LogP contribution in [0.15, 0.2) is 48.5 Å². The standard InChI is InChI=1S/C26H30N2O7/c29-24(28-14-18-13-17(15-34-18)25(30)31)9-11-33-12-10-27-26(32)35-16-23-21-7-3-1-5-19(21)20-6-2-4-8-22(20)23/h1-8,17-18,23H,9-16H2,(H,27,32)(H,28,29)(H,30,31). The second kappa shape index (κ2) is 11.8. The van der Waals surface area contributed by atoms with E-state index in [4.69, 9.17) is 19.3 Å². The van der Waals surface area contributed by atoms with E-state index in [1.807, 2.05) is 24.3 Å². The highest BCUT2D eigenvalue weighted by Gasteiger charge is 2.31. The molecule has 1 aliphatic heterocycles. The Morgan fingerprint density at radius 2 is 1.66 bits per heavy atom. The molecule has 9 heteroatoms. The lowest BCUT2D eigenvalue weighted by molar-refractivity contribution is -0.141. The van der Waals surface area contributed by atoms with Crippen LogP contribution < -0.4 is 10.6 Å². The molecule has 2 aromatic carbocycles. The number of carboxylic acids is 1. The zero-order chi connectivity index (χ0) is 24.6. The summed E-state index contributed by atoms with van der Waals surface area (Å²) in [6.07, 6.45) is -0.222. The number of ether oxygens (including phenoxy) is 3. The molecule has 0 spiro atoms. The topological polar surface area (TPSA) is 123 Å². The number of carbonyl (C=O) groups excluding carboxylic acids is 2. The zero-order valence-electron chi connectivity index (χ0n) is 19.4. The molecular weight excluding hydrogens is 452 g/mol. The maximum Gasteiger partial charge on any atom is 0.407 e. The largest absolute Gasteiger partial charge is 0.481 e. The third kappa shape index (κ3) is 6.37. The van der Waals surface area contributed by atoms with E-state index in [9.17, 15) is 14.4 Å². The Labute approximate surface area is 203 Å². The van der Waals surface area contributed by atoms with E-state index in [-0.39, 0.29) is 63.9 Å². The van der Waals surface area contributed by atoms with Gasteiger partial charge in [0, 0.05) is 25.4 Å². The number of aliphatic carboxylic acids is 1. The number of amides is 2. The minimum absolute atomic E-state index is 0.00700. The second-order valence-corrected chi connectivity index (χ2v) is 8.64. The summed E-state index contributed by atoms with van der Waals surface area (Å²) >= 11 is 0. The highest BCUT2D eigenvalue weighted by molar-refractivity contribution is 5.79. The van der Waals surface area contributed by atoms with Gasteiger partial charge in [0.25, 0.3) is 0 Å². The van der Waals surface area contributed by atoms with E-state index in [2.05, 4.69) is 34.9 Å². The molecular formula is C26H30N2O7. The molecule has 0 aromatic heterocycles. The van der Waals surface area contributed by atoms with Gasteiger partial charge in [0.05, 0.1) is 31.8 Å². The van der Waals surface area contributed by atoms with Gasteiger partial charge in [-0.2, -0.15) is 0 Å². The number of nitrogens with one attached hydrogen (secondary N) is 2. The van der Waals surface area contributed by atoms with E-state index in [0.29, 0.717) is 6.42 Å². The van der Waals surface area contributed by atoms with Crippen LogP contribution in [0.5, 0.6) is 0 Å². The molecule has 9 nitrogen and oxygen atoms in total. The summed E-state index contributed by atoms with van der Waals surface area (Å²) in [7, 11) is 0. The lowest BCUT2D eigenvalue weighted by atomic mass is 9.98. The molecule has 0 bridgehead atoms. The molecule has 35 heavy (non-hydrogen) atoms. The molecule has 4 rings (SSSR count). The molecule has 0 radical (unpaired) electrons. The SMILES string of the molecule is O=C(CCOCCNC(=O)OCC1c2ccccc2-c2ccccc21)NCC1CC(C(=O)O)CO1. The van der Waals surface area contributed by atoms with Crippen molar-refractivity contribution >= 4 is 18.0 Å². The van der Waals surface area contributed by atoms with Crippen molar-refractivity contribution in [3.05, 3.63) is 59.7 Å². The van der Waals surface area contributed by atoms with E-state index >= 15 is 0 Å². The van der Waals surface area contributed by atoms with E-state index in [1.165, 1.54) is 11.1 Å². The van der Waals surface area contributed by atoms with Crippen molar-refractivity contribution in [3.63, 3.8) is 0 Å². The van der Waals surface area contributed by atoms with Crippen LogP contribution >= 0.6 is 0 Å². The summed E-state index contributed by atoms with van der Waals surface area (Å²) in [4.78, 5) is 35.0. The van der Waals surface area contributed by atoms with Gasteiger partial charge in [0.2, 0.25) is 5.91 Å². The average Bonchev–Trinajstić information content (AvgIpc) is 3.47. The molecule has 1 aliphatic carbocycles. The lowest BCUT2D eigenvalue weighted by Crippen LogP contribution is -2.33. The van der Waals surface area contributed by atoms with Gasteiger partial charge < -0.3 is 30.0 Å². The Morgan fingerprint density at radius 3 is 2.31 bits per heavy atom. The molecule has 2 unspecified atom stereocenters. The third-order valence-electron chi connectivity index (χ3n) is 6.29. The van der Waals surface area contributed by atoms with Crippen molar-refractivity contribution in [2.24, 2.45) is 5.92 Å². The number of hydrogen-bond donors (Lipinski definition) is 3. The van der Waals surface area contributed by atoms with Crippen LogP contribution in [0.2, 0.25) is 0 Å². The molecule has 2 aliphatic rings. The molecule has 3 N–H and O–H groups in total. The first-order valence-corrected chi connectivity index (χ1v) is 11.8. The van der Waals surface area contributed by atoms with Crippen LogP contribution in [0.3, 0.4) is 0 Å². The van der Waals surface area contributed by atoms with Gasteiger partial charge in [-0.3, -0.25) is 9.59 Å². The first-order valence-electron chi connectivity index (χ1n) is 11.8. The normalized spacial score (nSPS) is 18.5. The van der Waals surface area contributed by atoms with Crippen LogP contribution in [0.25, 0.3) is 11.1 Å². The highest BCUT2D eigenvalue weighted by Crippen LogP contribution is 2.44. The Hall–Kier alpha value is -3.43. The quantitative estimate of drug-likeness (QED) is 0.421. The summed E-state index contributed by atoms with van der Waals surface area (Å²) in [6.45, 7) is 1.44. The lowest BCUT2D eigenvalue weighted by Gasteiger charge is -2.14. The van der Waals surface area contributed by atoms with Crippen molar-refractivity contribution in [2.75, 3.05) is 39.5 Å². The molecule has 1 heterocycles. The van der Waals surface area contributed by atoms with Crippen molar-refractivity contribution in [1.82, 2.24) is 10.6 Å². The minimum atomic E-state index is -0.876. The average molecular weight is 483 g/mol. The van der Waals surface area contributed by atoms with Crippen LogP contribution in [0.4, 0.5) is 4.79 Å². The molecule has 1 fully saturated rings. The molecule has 2 amide bonds. The monoisotopic (exact) mass is 482 g/mol. The fourth-order valence-corrected chi connectivity index (χ4v) is 4.48. The van der Waals surface area contributed by atoms with Gasteiger partial charge in [-0.1, -0.05) is 48.5 Å². The predicted molar refractivity (Wildman–Crippen MR) is 127 cm³/mol. The van der Waals surface area contributed by atoms with E-state index in [0.717, 1.165) is 11.1 Å². The summed E-state index contributed by atoms with van der Waals surface area (Å²) in [6, 6.07) is 16.3. The Bertz CT molecular complexity index is 1010. The van der Waals surface area contributed by atoms with Gasteiger partial charge in [0.1, 0.15) is 6.61 Å². The smallest absolute Gasteiger partial charge is 0.407 e. The van der Waals surface area contributed by atoms with Crippen molar-refractivity contribution in [2.45, 2.75) is 24.9 Å². The highest BCUT2D eigenvalue weighted by atomic mass is 16.5.